The number of hydrogen-bond acceptors (Lipinski definition) is 4. The van der Waals surface area contributed by atoms with Gasteiger partial charge in [0, 0.05) is 12.2 Å². The monoisotopic (exact) mass is 578 g/mol. The van der Waals surface area contributed by atoms with Crippen LogP contribution in [-0.2, 0) is 17.5 Å². The highest BCUT2D eigenvalue weighted by atomic mass is 28.4. The standard InChI is InChI=1S/C35H47FO4Si/c1-9-10-17-28(24-39-41(7,8)35(4,5)6)22-30-25(2)33(38-23-27-18-13-11-14-19-27)31(26(3)32(30)36)34(37)40-29-20-15-12-16-21-29/h11-16,18-21,28H,9-10,17,22-24H2,1-8H3. The van der Waals surface area contributed by atoms with Gasteiger partial charge in [-0.15, -0.1) is 0 Å². The summed E-state index contributed by atoms with van der Waals surface area (Å²) in [6.45, 7) is 17.7. The van der Waals surface area contributed by atoms with E-state index in [9.17, 15) is 4.79 Å². The first-order valence-corrected chi connectivity index (χ1v) is 17.7. The van der Waals surface area contributed by atoms with Crippen LogP contribution in [0.1, 0.15) is 79.6 Å². The van der Waals surface area contributed by atoms with Crippen LogP contribution < -0.4 is 9.47 Å². The smallest absolute Gasteiger partial charge is 0.347 e. The van der Waals surface area contributed by atoms with E-state index in [0.717, 1.165) is 24.8 Å². The van der Waals surface area contributed by atoms with Gasteiger partial charge in [0.05, 0.1) is 0 Å². The number of hydrogen-bond donors (Lipinski definition) is 0. The average Bonchev–Trinajstić information content (AvgIpc) is 2.93. The molecule has 1 unspecified atom stereocenters. The van der Waals surface area contributed by atoms with Gasteiger partial charge < -0.3 is 13.9 Å². The predicted molar refractivity (Wildman–Crippen MR) is 168 cm³/mol. The van der Waals surface area contributed by atoms with Crippen molar-refractivity contribution in [3.8, 4) is 11.5 Å². The number of esters is 1. The molecule has 222 valence electrons. The zero-order valence-corrected chi connectivity index (χ0v) is 27.1. The van der Waals surface area contributed by atoms with Gasteiger partial charge in [-0.1, -0.05) is 89.1 Å². The van der Waals surface area contributed by atoms with Gasteiger partial charge in [0.2, 0.25) is 0 Å². The number of benzene rings is 3. The number of para-hydroxylation sites is 1. The Labute approximate surface area is 247 Å². The summed E-state index contributed by atoms with van der Waals surface area (Å²) in [5.41, 5.74) is 2.56. The number of carbonyl (C=O) groups excluding carboxylic acids is 1. The fourth-order valence-electron chi connectivity index (χ4n) is 4.61. The van der Waals surface area contributed by atoms with Crippen LogP contribution in [0.25, 0.3) is 0 Å². The van der Waals surface area contributed by atoms with Crippen LogP contribution in [0.3, 0.4) is 0 Å². The molecule has 0 spiro atoms. The summed E-state index contributed by atoms with van der Waals surface area (Å²) in [6.07, 6.45) is 3.57. The van der Waals surface area contributed by atoms with Gasteiger partial charge in [0.25, 0.3) is 0 Å². The minimum absolute atomic E-state index is 0.0965. The largest absolute Gasteiger partial charge is 0.488 e. The average molecular weight is 579 g/mol. The van der Waals surface area contributed by atoms with E-state index in [4.69, 9.17) is 13.9 Å². The summed E-state index contributed by atoms with van der Waals surface area (Å²) in [5.74, 6) is -0.0723. The first-order valence-electron chi connectivity index (χ1n) is 14.7. The fourth-order valence-corrected chi connectivity index (χ4v) is 5.69. The summed E-state index contributed by atoms with van der Waals surface area (Å²) in [4.78, 5) is 13.5. The van der Waals surface area contributed by atoms with E-state index in [1.165, 1.54) is 0 Å². The van der Waals surface area contributed by atoms with Crippen molar-refractivity contribution in [3.63, 3.8) is 0 Å². The molecule has 1 atom stereocenters. The molecule has 0 aliphatic carbocycles. The van der Waals surface area contributed by atoms with Crippen LogP contribution in [0.5, 0.6) is 11.5 Å². The van der Waals surface area contributed by atoms with Crippen molar-refractivity contribution in [1.29, 1.82) is 0 Å². The van der Waals surface area contributed by atoms with E-state index in [-0.39, 0.29) is 34.5 Å². The Kier molecular flexibility index (Phi) is 11.3. The normalized spacial score (nSPS) is 12.7. The molecule has 0 aliphatic heterocycles. The van der Waals surface area contributed by atoms with Crippen molar-refractivity contribution < 1.29 is 23.1 Å². The lowest BCUT2D eigenvalue weighted by atomic mass is 9.88. The van der Waals surface area contributed by atoms with Crippen LogP contribution >= 0.6 is 0 Å². The van der Waals surface area contributed by atoms with Gasteiger partial charge >= 0.3 is 5.97 Å². The molecule has 3 aromatic rings. The summed E-state index contributed by atoms with van der Waals surface area (Å²) in [7, 11) is -1.96. The van der Waals surface area contributed by atoms with Gasteiger partial charge in [0.1, 0.15) is 29.5 Å². The lowest BCUT2D eigenvalue weighted by Gasteiger charge is -2.37. The minimum Gasteiger partial charge on any atom is -0.488 e. The van der Waals surface area contributed by atoms with Crippen LogP contribution in [-0.4, -0.2) is 20.9 Å². The van der Waals surface area contributed by atoms with Crippen LogP contribution in [0.2, 0.25) is 18.1 Å². The zero-order chi connectivity index (χ0) is 30.2. The van der Waals surface area contributed by atoms with E-state index < -0.39 is 14.3 Å². The second-order valence-electron chi connectivity index (χ2n) is 12.5. The molecule has 0 N–H and O–H groups in total. The molecule has 4 nitrogen and oxygen atoms in total. The van der Waals surface area contributed by atoms with Gasteiger partial charge in [-0.05, 0) is 79.6 Å². The molecular weight excluding hydrogens is 531 g/mol. The molecule has 3 aromatic carbocycles. The lowest BCUT2D eigenvalue weighted by Crippen LogP contribution is -2.42. The predicted octanol–water partition coefficient (Wildman–Crippen LogP) is 9.61. The van der Waals surface area contributed by atoms with Crippen molar-refractivity contribution in [2.24, 2.45) is 5.92 Å². The summed E-state index contributed by atoms with van der Waals surface area (Å²) >= 11 is 0. The third kappa shape index (κ3) is 8.52. The van der Waals surface area contributed by atoms with Crippen molar-refractivity contribution in [1.82, 2.24) is 0 Å². The molecule has 0 radical (unpaired) electrons. The zero-order valence-electron chi connectivity index (χ0n) is 26.1. The fraction of sp³-hybridized carbons (Fsp3) is 0.457. The molecular formula is C35H47FO4Si. The maximum Gasteiger partial charge on any atom is 0.347 e. The van der Waals surface area contributed by atoms with Crippen LogP contribution in [0.4, 0.5) is 4.39 Å². The van der Waals surface area contributed by atoms with Gasteiger partial charge in [-0.2, -0.15) is 0 Å². The van der Waals surface area contributed by atoms with Crippen LogP contribution in [0.15, 0.2) is 60.7 Å². The highest BCUT2D eigenvalue weighted by molar-refractivity contribution is 6.74. The number of rotatable bonds is 13. The van der Waals surface area contributed by atoms with Crippen molar-refractivity contribution in [2.75, 3.05) is 6.61 Å². The molecule has 0 aliphatic rings. The van der Waals surface area contributed by atoms with Gasteiger partial charge in [-0.25, -0.2) is 9.18 Å². The van der Waals surface area contributed by atoms with E-state index in [2.05, 4.69) is 40.8 Å². The number of carbonyl (C=O) groups is 1. The molecule has 3 rings (SSSR count). The molecule has 6 heteroatoms. The molecule has 0 saturated heterocycles. The highest BCUT2D eigenvalue weighted by Crippen LogP contribution is 2.39. The van der Waals surface area contributed by atoms with Crippen molar-refractivity contribution in [2.45, 2.75) is 92.0 Å². The molecule has 0 amide bonds. The Morgan fingerprint density at radius 2 is 1.56 bits per heavy atom. The molecule has 0 fully saturated rings. The van der Waals surface area contributed by atoms with Gasteiger partial charge in [-0.3, -0.25) is 0 Å². The second kappa shape index (κ2) is 14.3. The first kappa shape index (κ1) is 32.6. The Balaban J connectivity index is 2.01. The summed E-state index contributed by atoms with van der Waals surface area (Å²) in [5, 5.41) is 0.0965. The van der Waals surface area contributed by atoms with Crippen LogP contribution in [0, 0.1) is 25.6 Å². The third-order valence-corrected chi connectivity index (χ3v) is 12.8. The Morgan fingerprint density at radius 1 is 0.951 bits per heavy atom. The number of ether oxygens (including phenoxy) is 2. The summed E-state index contributed by atoms with van der Waals surface area (Å²) < 4.78 is 34.8. The maximum atomic E-state index is 16.2. The van der Waals surface area contributed by atoms with Crippen molar-refractivity contribution in [3.05, 3.63) is 94.3 Å². The Bertz CT molecular complexity index is 1280. The van der Waals surface area contributed by atoms with E-state index in [1.807, 2.05) is 43.3 Å². The molecule has 0 bridgehead atoms. The lowest BCUT2D eigenvalue weighted by molar-refractivity contribution is 0.0727. The number of halogens is 1. The molecule has 0 saturated carbocycles. The number of unbranched alkanes of at least 4 members (excludes halogenated alkanes) is 1. The quantitative estimate of drug-likeness (QED) is 0.115. The Morgan fingerprint density at radius 3 is 2.15 bits per heavy atom. The van der Waals surface area contributed by atoms with Crippen molar-refractivity contribution >= 4 is 14.3 Å². The summed E-state index contributed by atoms with van der Waals surface area (Å²) in [6, 6.07) is 18.6. The minimum atomic E-state index is -1.96. The molecule has 41 heavy (non-hydrogen) atoms. The SMILES string of the molecule is CCCCC(CO[Si](C)(C)C(C)(C)C)Cc1c(C)c(OCc2ccccc2)c(C(=O)Oc2ccccc2)c(C)c1F. The molecule has 0 aromatic heterocycles. The first-order chi connectivity index (χ1) is 19.4. The maximum absolute atomic E-state index is 16.2. The highest BCUT2D eigenvalue weighted by Gasteiger charge is 2.38. The molecule has 0 heterocycles. The van der Waals surface area contributed by atoms with E-state index in [1.54, 1.807) is 31.2 Å². The van der Waals surface area contributed by atoms with E-state index >= 15 is 4.39 Å². The second-order valence-corrected chi connectivity index (χ2v) is 17.3. The topological polar surface area (TPSA) is 44.8 Å². The van der Waals surface area contributed by atoms with E-state index in [0.29, 0.717) is 35.7 Å². The third-order valence-electron chi connectivity index (χ3n) is 8.32. The van der Waals surface area contributed by atoms with Gasteiger partial charge in [0.15, 0.2) is 8.32 Å². The Hall–Kier alpha value is -2.96.